The molecule has 2 nitrogen and oxygen atoms in total. The topological polar surface area (TPSA) is 40.2 Å². The zero-order chi connectivity index (χ0) is 11.9. The SMILES string of the molecule is CC(C)(C)c1cc(C(F)(F)F)cc(N)[nH+]1. The van der Waals surface area contributed by atoms with Gasteiger partial charge in [-0.1, -0.05) is 20.8 Å². The number of nitrogen functional groups attached to an aromatic ring is 1. The van der Waals surface area contributed by atoms with Crippen molar-refractivity contribution >= 4 is 5.82 Å². The standard InChI is InChI=1S/C10H13F3N2/c1-9(2,3)7-4-6(10(11,12)13)5-8(14)15-7/h4-5H,1-3H3,(H2,14,15)/p+1. The molecular formula is C10H14F3N2+. The number of pyridine rings is 1. The van der Waals surface area contributed by atoms with Gasteiger partial charge in [-0.3, -0.25) is 5.73 Å². The van der Waals surface area contributed by atoms with Crippen molar-refractivity contribution in [1.82, 2.24) is 0 Å². The lowest BCUT2D eigenvalue weighted by Gasteiger charge is -2.17. The molecule has 1 aromatic rings. The smallest absolute Gasteiger partial charge is 0.287 e. The van der Waals surface area contributed by atoms with Crippen molar-refractivity contribution in [2.24, 2.45) is 0 Å². The highest BCUT2D eigenvalue weighted by Gasteiger charge is 2.33. The Bertz CT molecular complexity index is 332. The van der Waals surface area contributed by atoms with Crippen LogP contribution in [0.4, 0.5) is 19.0 Å². The van der Waals surface area contributed by atoms with Gasteiger partial charge in [0.15, 0.2) is 0 Å². The van der Waals surface area contributed by atoms with Gasteiger partial charge in [0.1, 0.15) is 5.69 Å². The van der Waals surface area contributed by atoms with E-state index in [0.717, 1.165) is 12.1 Å². The molecule has 0 spiro atoms. The van der Waals surface area contributed by atoms with Crippen LogP contribution in [0.15, 0.2) is 12.1 Å². The summed E-state index contributed by atoms with van der Waals surface area (Å²) >= 11 is 0. The molecule has 0 aliphatic rings. The minimum atomic E-state index is -4.36. The fraction of sp³-hybridized carbons (Fsp3) is 0.500. The number of rotatable bonds is 0. The fourth-order valence-corrected chi connectivity index (χ4v) is 1.16. The first-order valence-corrected chi connectivity index (χ1v) is 4.51. The van der Waals surface area contributed by atoms with Gasteiger partial charge in [-0.15, -0.1) is 0 Å². The maximum absolute atomic E-state index is 12.5. The fourth-order valence-electron chi connectivity index (χ4n) is 1.16. The Morgan fingerprint density at radius 2 is 1.67 bits per heavy atom. The van der Waals surface area contributed by atoms with Gasteiger partial charge in [-0.25, -0.2) is 4.98 Å². The van der Waals surface area contributed by atoms with Crippen LogP contribution in [0.5, 0.6) is 0 Å². The van der Waals surface area contributed by atoms with Crippen LogP contribution in [-0.4, -0.2) is 0 Å². The third-order valence-corrected chi connectivity index (χ3v) is 2.03. The number of hydrogen-bond donors (Lipinski definition) is 1. The molecule has 1 aromatic heterocycles. The number of hydrogen-bond acceptors (Lipinski definition) is 1. The van der Waals surface area contributed by atoms with Crippen LogP contribution in [0.1, 0.15) is 32.0 Å². The predicted molar refractivity (Wildman–Crippen MR) is 51.1 cm³/mol. The first-order valence-electron chi connectivity index (χ1n) is 4.51. The Hall–Kier alpha value is -1.26. The van der Waals surface area contributed by atoms with E-state index < -0.39 is 17.2 Å². The van der Waals surface area contributed by atoms with Crippen LogP contribution in [0.25, 0.3) is 0 Å². The van der Waals surface area contributed by atoms with Gasteiger partial charge >= 0.3 is 6.18 Å². The number of aromatic amines is 1. The molecule has 0 bridgehead atoms. The molecule has 0 saturated carbocycles. The van der Waals surface area contributed by atoms with Crippen LogP contribution in [0.3, 0.4) is 0 Å². The lowest BCUT2D eigenvalue weighted by Crippen LogP contribution is -2.28. The van der Waals surface area contributed by atoms with E-state index in [-0.39, 0.29) is 5.82 Å². The van der Waals surface area contributed by atoms with Crippen molar-refractivity contribution in [3.8, 4) is 0 Å². The summed E-state index contributed by atoms with van der Waals surface area (Å²) in [6.45, 7) is 5.45. The van der Waals surface area contributed by atoms with E-state index in [9.17, 15) is 13.2 Å². The zero-order valence-corrected chi connectivity index (χ0v) is 8.87. The second-order valence-electron chi connectivity index (χ2n) is 4.49. The van der Waals surface area contributed by atoms with Crippen LogP contribution >= 0.6 is 0 Å². The molecule has 0 atom stereocenters. The normalized spacial score (nSPS) is 12.9. The summed E-state index contributed by atoms with van der Waals surface area (Å²) in [5.74, 6) is 0.0229. The predicted octanol–water partition coefficient (Wildman–Crippen LogP) is 2.40. The summed E-state index contributed by atoms with van der Waals surface area (Å²) in [5.41, 5.74) is 4.75. The lowest BCUT2D eigenvalue weighted by atomic mass is 9.90. The molecule has 0 aliphatic carbocycles. The Morgan fingerprint density at radius 3 is 2.07 bits per heavy atom. The van der Waals surface area contributed by atoms with Crippen LogP contribution in [0, 0.1) is 0 Å². The average molecular weight is 219 g/mol. The lowest BCUT2D eigenvalue weighted by molar-refractivity contribution is -0.380. The molecule has 0 aromatic carbocycles. The van der Waals surface area contributed by atoms with Crippen molar-refractivity contribution in [2.45, 2.75) is 32.4 Å². The number of halogens is 3. The second kappa shape index (κ2) is 3.40. The molecule has 1 rings (SSSR count). The Kier molecular flexibility index (Phi) is 2.67. The molecule has 0 saturated heterocycles. The van der Waals surface area contributed by atoms with Gasteiger partial charge in [0, 0.05) is 11.5 Å². The van der Waals surface area contributed by atoms with Crippen molar-refractivity contribution in [3.63, 3.8) is 0 Å². The van der Waals surface area contributed by atoms with Gasteiger partial charge < -0.3 is 0 Å². The third kappa shape index (κ3) is 2.84. The molecular weight excluding hydrogens is 205 g/mol. The number of anilines is 1. The van der Waals surface area contributed by atoms with Gasteiger partial charge in [0.25, 0.3) is 5.82 Å². The minimum absolute atomic E-state index is 0.0229. The summed E-state index contributed by atoms with van der Waals surface area (Å²) in [6.07, 6.45) is -4.36. The molecule has 0 fully saturated rings. The highest BCUT2D eigenvalue weighted by Crippen LogP contribution is 2.31. The summed E-state index contributed by atoms with van der Waals surface area (Å²) in [5, 5.41) is 0. The van der Waals surface area contributed by atoms with E-state index >= 15 is 0 Å². The van der Waals surface area contributed by atoms with E-state index in [4.69, 9.17) is 5.73 Å². The van der Waals surface area contributed by atoms with E-state index in [1.54, 1.807) is 0 Å². The molecule has 0 radical (unpaired) electrons. The first kappa shape index (κ1) is 11.8. The largest absolute Gasteiger partial charge is 0.416 e. The monoisotopic (exact) mass is 219 g/mol. The van der Waals surface area contributed by atoms with E-state index in [1.165, 1.54) is 0 Å². The summed E-state index contributed by atoms with van der Waals surface area (Å²) in [7, 11) is 0. The van der Waals surface area contributed by atoms with Gasteiger partial charge in [-0.2, -0.15) is 13.2 Å². The molecule has 0 unspecified atom stereocenters. The number of nitrogens with one attached hydrogen (secondary N) is 1. The molecule has 0 aliphatic heterocycles. The molecule has 5 heteroatoms. The van der Waals surface area contributed by atoms with Crippen LogP contribution < -0.4 is 10.7 Å². The van der Waals surface area contributed by atoms with Gasteiger partial charge in [-0.05, 0) is 6.07 Å². The van der Waals surface area contributed by atoms with Crippen molar-refractivity contribution < 1.29 is 18.2 Å². The van der Waals surface area contributed by atoms with Gasteiger partial charge in [0.2, 0.25) is 0 Å². The molecule has 15 heavy (non-hydrogen) atoms. The minimum Gasteiger partial charge on any atom is -0.287 e. The highest BCUT2D eigenvalue weighted by atomic mass is 19.4. The highest BCUT2D eigenvalue weighted by molar-refractivity contribution is 5.31. The first-order chi connectivity index (χ1) is 6.60. The average Bonchev–Trinajstić information content (AvgIpc) is 1.99. The molecule has 84 valence electrons. The van der Waals surface area contributed by atoms with Crippen molar-refractivity contribution in [3.05, 3.63) is 23.4 Å². The number of aromatic nitrogens is 1. The second-order valence-corrected chi connectivity index (χ2v) is 4.49. The third-order valence-electron chi connectivity index (χ3n) is 2.03. The molecule has 0 amide bonds. The summed E-state index contributed by atoms with van der Waals surface area (Å²) < 4.78 is 37.4. The van der Waals surface area contributed by atoms with E-state index in [2.05, 4.69) is 4.98 Å². The maximum atomic E-state index is 12.5. The molecule has 1 heterocycles. The van der Waals surface area contributed by atoms with Crippen molar-refractivity contribution in [2.75, 3.05) is 5.73 Å². The summed E-state index contributed by atoms with van der Waals surface area (Å²) in [4.78, 5) is 2.74. The van der Waals surface area contributed by atoms with E-state index in [0.29, 0.717) is 5.69 Å². The Balaban J connectivity index is 3.30. The van der Waals surface area contributed by atoms with E-state index in [1.807, 2.05) is 20.8 Å². The maximum Gasteiger partial charge on any atom is 0.416 e. The van der Waals surface area contributed by atoms with Crippen molar-refractivity contribution in [1.29, 1.82) is 0 Å². The number of alkyl halides is 3. The number of H-pyrrole nitrogens is 1. The Labute approximate surface area is 86.3 Å². The Morgan fingerprint density at radius 1 is 1.13 bits per heavy atom. The number of nitrogens with two attached hydrogens (primary N) is 1. The molecule has 3 N–H and O–H groups in total. The van der Waals surface area contributed by atoms with Crippen LogP contribution in [0.2, 0.25) is 0 Å². The summed E-state index contributed by atoms with van der Waals surface area (Å²) in [6, 6.07) is 1.99. The van der Waals surface area contributed by atoms with Gasteiger partial charge in [0.05, 0.1) is 5.56 Å². The quantitative estimate of drug-likeness (QED) is 0.715. The zero-order valence-electron chi connectivity index (χ0n) is 8.87. The van der Waals surface area contributed by atoms with Crippen LogP contribution in [-0.2, 0) is 11.6 Å².